The van der Waals surface area contributed by atoms with Gasteiger partial charge in [0.1, 0.15) is 5.75 Å². The number of nitrogens with two attached hydrogens (primary N) is 1. The van der Waals surface area contributed by atoms with E-state index >= 15 is 0 Å². The second-order valence-corrected chi connectivity index (χ2v) is 6.62. The lowest BCUT2D eigenvalue weighted by atomic mass is 9.93. The standard InChI is InChI=1S/C18H31NO/c1-13(2)12-20-18-7-6-16(10-15(5)8-9-19)11-17(18)14(3)4/h6-7,11,13-15H,8-10,12,19H2,1-5H3. The molecule has 1 rings (SSSR count). The van der Waals surface area contributed by atoms with Crippen LogP contribution in [0.25, 0.3) is 0 Å². The van der Waals surface area contributed by atoms with Gasteiger partial charge in [0.15, 0.2) is 0 Å². The average Bonchev–Trinajstić information content (AvgIpc) is 2.37. The van der Waals surface area contributed by atoms with Gasteiger partial charge in [-0.25, -0.2) is 0 Å². The van der Waals surface area contributed by atoms with Crippen LogP contribution < -0.4 is 10.5 Å². The first-order chi connectivity index (χ1) is 9.43. The Morgan fingerprint density at radius 2 is 1.80 bits per heavy atom. The molecule has 1 atom stereocenters. The van der Waals surface area contributed by atoms with Crippen LogP contribution in [0.2, 0.25) is 0 Å². The first kappa shape index (κ1) is 17.0. The number of ether oxygens (including phenoxy) is 1. The average molecular weight is 277 g/mol. The molecular formula is C18H31NO. The number of hydrogen-bond acceptors (Lipinski definition) is 2. The van der Waals surface area contributed by atoms with Gasteiger partial charge in [-0.05, 0) is 54.3 Å². The lowest BCUT2D eigenvalue weighted by Crippen LogP contribution is -2.09. The molecule has 2 heteroatoms. The maximum atomic E-state index is 5.95. The molecule has 0 fully saturated rings. The molecular weight excluding hydrogens is 246 g/mol. The van der Waals surface area contributed by atoms with Gasteiger partial charge >= 0.3 is 0 Å². The Kier molecular flexibility index (Phi) is 7.08. The van der Waals surface area contributed by atoms with E-state index in [9.17, 15) is 0 Å². The second-order valence-electron chi connectivity index (χ2n) is 6.62. The van der Waals surface area contributed by atoms with Crippen molar-refractivity contribution in [3.63, 3.8) is 0 Å². The summed E-state index contributed by atoms with van der Waals surface area (Å²) in [7, 11) is 0. The Hall–Kier alpha value is -1.02. The van der Waals surface area contributed by atoms with Gasteiger partial charge in [-0.1, -0.05) is 46.8 Å². The van der Waals surface area contributed by atoms with Crippen molar-refractivity contribution in [3.05, 3.63) is 29.3 Å². The second kappa shape index (κ2) is 8.31. The van der Waals surface area contributed by atoms with Crippen LogP contribution in [-0.2, 0) is 6.42 Å². The Morgan fingerprint density at radius 1 is 1.10 bits per heavy atom. The fourth-order valence-corrected chi connectivity index (χ4v) is 2.35. The highest BCUT2D eigenvalue weighted by molar-refractivity contribution is 5.39. The quantitative estimate of drug-likeness (QED) is 0.765. The molecule has 1 aromatic rings. The highest BCUT2D eigenvalue weighted by Gasteiger charge is 2.11. The lowest BCUT2D eigenvalue weighted by Gasteiger charge is -2.18. The minimum atomic E-state index is 0.488. The molecule has 0 amide bonds. The van der Waals surface area contributed by atoms with Crippen LogP contribution >= 0.6 is 0 Å². The Bertz CT molecular complexity index is 398. The molecule has 0 radical (unpaired) electrons. The van der Waals surface area contributed by atoms with Crippen molar-refractivity contribution in [3.8, 4) is 5.75 Å². The van der Waals surface area contributed by atoms with Gasteiger partial charge in [-0.15, -0.1) is 0 Å². The molecule has 0 aliphatic rings. The van der Waals surface area contributed by atoms with Gasteiger partial charge < -0.3 is 10.5 Å². The summed E-state index contributed by atoms with van der Waals surface area (Å²) in [5.74, 6) is 2.73. The molecule has 0 bridgehead atoms. The largest absolute Gasteiger partial charge is 0.493 e. The zero-order valence-electron chi connectivity index (χ0n) is 13.8. The van der Waals surface area contributed by atoms with Gasteiger partial charge in [0.25, 0.3) is 0 Å². The van der Waals surface area contributed by atoms with Gasteiger partial charge in [0, 0.05) is 0 Å². The van der Waals surface area contributed by atoms with Crippen molar-refractivity contribution in [2.24, 2.45) is 17.6 Å². The molecule has 0 saturated heterocycles. The van der Waals surface area contributed by atoms with E-state index in [1.165, 1.54) is 11.1 Å². The summed E-state index contributed by atoms with van der Waals surface area (Å²) in [4.78, 5) is 0. The first-order valence-electron chi connectivity index (χ1n) is 7.89. The fraction of sp³-hybridized carbons (Fsp3) is 0.667. The van der Waals surface area contributed by atoms with Crippen LogP contribution in [0.1, 0.15) is 58.1 Å². The van der Waals surface area contributed by atoms with Gasteiger partial charge in [0.05, 0.1) is 6.61 Å². The summed E-state index contributed by atoms with van der Waals surface area (Å²) in [6.45, 7) is 12.6. The highest BCUT2D eigenvalue weighted by atomic mass is 16.5. The Balaban J connectivity index is 2.83. The minimum Gasteiger partial charge on any atom is -0.493 e. The summed E-state index contributed by atoms with van der Waals surface area (Å²) in [6, 6.07) is 6.66. The van der Waals surface area contributed by atoms with Gasteiger partial charge in [0.2, 0.25) is 0 Å². The normalized spacial score (nSPS) is 13.0. The predicted octanol–water partition coefficient (Wildman–Crippen LogP) is 4.37. The molecule has 1 unspecified atom stereocenters. The van der Waals surface area contributed by atoms with E-state index in [2.05, 4.69) is 52.8 Å². The van der Waals surface area contributed by atoms with E-state index in [0.717, 1.165) is 31.7 Å². The van der Waals surface area contributed by atoms with Crippen molar-refractivity contribution in [1.29, 1.82) is 0 Å². The summed E-state index contributed by atoms with van der Waals surface area (Å²) >= 11 is 0. The van der Waals surface area contributed by atoms with Crippen LogP contribution in [0, 0.1) is 11.8 Å². The molecule has 20 heavy (non-hydrogen) atoms. The van der Waals surface area contributed by atoms with E-state index in [1.54, 1.807) is 0 Å². The molecule has 1 aromatic carbocycles. The molecule has 2 nitrogen and oxygen atoms in total. The van der Waals surface area contributed by atoms with Crippen LogP contribution in [0.3, 0.4) is 0 Å². The van der Waals surface area contributed by atoms with Crippen LogP contribution in [0.15, 0.2) is 18.2 Å². The van der Waals surface area contributed by atoms with E-state index in [0.29, 0.717) is 17.8 Å². The summed E-state index contributed by atoms with van der Waals surface area (Å²) < 4.78 is 5.95. The summed E-state index contributed by atoms with van der Waals surface area (Å²) in [5.41, 5.74) is 8.35. The number of rotatable bonds is 8. The predicted molar refractivity (Wildman–Crippen MR) is 87.4 cm³/mol. The van der Waals surface area contributed by atoms with Gasteiger partial charge in [-0.2, -0.15) is 0 Å². The van der Waals surface area contributed by atoms with E-state index < -0.39 is 0 Å². The van der Waals surface area contributed by atoms with E-state index in [4.69, 9.17) is 10.5 Å². The molecule has 0 heterocycles. The summed E-state index contributed by atoms with van der Waals surface area (Å²) in [6.07, 6.45) is 2.18. The van der Waals surface area contributed by atoms with Crippen molar-refractivity contribution in [2.75, 3.05) is 13.2 Å². The summed E-state index contributed by atoms with van der Waals surface area (Å²) in [5, 5.41) is 0. The van der Waals surface area contributed by atoms with Crippen molar-refractivity contribution < 1.29 is 4.74 Å². The molecule has 0 spiro atoms. The zero-order valence-corrected chi connectivity index (χ0v) is 13.8. The van der Waals surface area contributed by atoms with Crippen molar-refractivity contribution in [1.82, 2.24) is 0 Å². The molecule has 0 aliphatic carbocycles. The van der Waals surface area contributed by atoms with Crippen molar-refractivity contribution in [2.45, 2.75) is 53.4 Å². The van der Waals surface area contributed by atoms with E-state index in [-0.39, 0.29) is 0 Å². The first-order valence-corrected chi connectivity index (χ1v) is 7.89. The SMILES string of the molecule is CC(C)COc1ccc(CC(C)CCN)cc1C(C)C. The molecule has 114 valence electrons. The van der Waals surface area contributed by atoms with Crippen LogP contribution in [-0.4, -0.2) is 13.2 Å². The number of benzene rings is 1. The smallest absolute Gasteiger partial charge is 0.122 e. The lowest BCUT2D eigenvalue weighted by molar-refractivity contribution is 0.267. The monoisotopic (exact) mass is 277 g/mol. The van der Waals surface area contributed by atoms with Gasteiger partial charge in [-0.3, -0.25) is 0 Å². The molecule has 0 aliphatic heterocycles. The zero-order chi connectivity index (χ0) is 15.1. The third-order valence-electron chi connectivity index (χ3n) is 3.51. The topological polar surface area (TPSA) is 35.2 Å². The number of hydrogen-bond donors (Lipinski definition) is 1. The Labute approximate surface area is 124 Å². The van der Waals surface area contributed by atoms with Crippen LogP contribution in [0.4, 0.5) is 0 Å². The Morgan fingerprint density at radius 3 is 2.35 bits per heavy atom. The van der Waals surface area contributed by atoms with Crippen molar-refractivity contribution >= 4 is 0 Å². The van der Waals surface area contributed by atoms with E-state index in [1.807, 2.05) is 0 Å². The fourth-order valence-electron chi connectivity index (χ4n) is 2.35. The molecule has 0 aromatic heterocycles. The highest BCUT2D eigenvalue weighted by Crippen LogP contribution is 2.29. The van der Waals surface area contributed by atoms with Crippen LogP contribution in [0.5, 0.6) is 5.75 Å². The molecule has 0 saturated carbocycles. The minimum absolute atomic E-state index is 0.488. The third-order valence-corrected chi connectivity index (χ3v) is 3.51. The molecule has 2 N–H and O–H groups in total. The maximum absolute atomic E-state index is 5.95. The third kappa shape index (κ3) is 5.54. The maximum Gasteiger partial charge on any atom is 0.122 e.